The third-order valence-corrected chi connectivity index (χ3v) is 3.33. The van der Waals surface area contributed by atoms with Gasteiger partial charge in [-0.25, -0.2) is 4.39 Å². The molecule has 0 aliphatic heterocycles. The van der Waals surface area contributed by atoms with Crippen molar-refractivity contribution >= 4 is 0 Å². The number of aryl methyl sites for hydroxylation is 1. The molecule has 0 aliphatic carbocycles. The molecule has 2 aromatic carbocycles. The fourth-order valence-electron chi connectivity index (χ4n) is 2.43. The molecule has 19 heavy (non-hydrogen) atoms. The fraction of sp³-hybridized carbons (Fsp3) is 0.294. The lowest BCUT2D eigenvalue weighted by molar-refractivity contribution is 0.576. The standard InChI is InChI=1S/C17H20FN/c1-3-7-13-8-6-9-14(12-13)17(19-2)15-10-4-5-11-16(15)18/h4-6,8-12,17,19H,3,7H2,1-2H3. The Morgan fingerprint density at radius 3 is 2.58 bits per heavy atom. The van der Waals surface area contributed by atoms with Gasteiger partial charge in [-0.1, -0.05) is 55.8 Å². The molecule has 0 saturated heterocycles. The molecule has 1 N–H and O–H groups in total. The Morgan fingerprint density at radius 1 is 1.11 bits per heavy atom. The van der Waals surface area contributed by atoms with Gasteiger partial charge >= 0.3 is 0 Å². The number of hydrogen-bond donors (Lipinski definition) is 1. The van der Waals surface area contributed by atoms with E-state index < -0.39 is 0 Å². The lowest BCUT2D eigenvalue weighted by atomic mass is 9.96. The van der Waals surface area contributed by atoms with Crippen LogP contribution in [0.1, 0.15) is 36.1 Å². The zero-order chi connectivity index (χ0) is 13.7. The molecule has 0 aliphatic rings. The monoisotopic (exact) mass is 257 g/mol. The Hall–Kier alpha value is -1.67. The zero-order valence-electron chi connectivity index (χ0n) is 11.5. The highest BCUT2D eigenvalue weighted by atomic mass is 19.1. The normalized spacial score (nSPS) is 12.4. The van der Waals surface area contributed by atoms with Gasteiger partial charge in [-0.15, -0.1) is 0 Å². The van der Waals surface area contributed by atoms with Crippen LogP contribution in [0, 0.1) is 5.82 Å². The van der Waals surface area contributed by atoms with E-state index in [4.69, 9.17) is 0 Å². The molecule has 1 unspecified atom stereocenters. The van der Waals surface area contributed by atoms with Crippen molar-refractivity contribution < 1.29 is 4.39 Å². The number of benzene rings is 2. The van der Waals surface area contributed by atoms with Gasteiger partial charge in [-0.2, -0.15) is 0 Å². The first-order valence-corrected chi connectivity index (χ1v) is 6.76. The first kappa shape index (κ1) is 13.8. The van der Waals surface area contributed by atoms with Crippen molar-refractivity contribution in [3.8, 4) is 0 Å². The van der Waals surface area contributed by atoms with Crippen LogP contribution in [0.15, 0.2) is 48.5 Å². The number of nitrogens with one attached hydrogen (secondary N) is 1. The molecule has 0 fully saturated rings. The van der Waals surface area contributed by atoms with E-state index in [2.05, 4.69) is 24.4 Å². The molecule has 2 aromatic rings. The highest BCUT2D eigenvalue weighted by Gasteiger charge is 2.15. The van der Waals surface area contributed by atoms with Crippen LogP contribution in [-0.4, -0.2) is 7.05 Å². The molecule has 1 atom stereocenters. The molecule has 0 bridgehead atoms. The van der Waals surface area contributed by atoms with Gasteiger partial charge in [0.15, 0.2) is 0 Å². The molecule has 0 aromatic heterocycles. The minimum atomic E-state index is -0.164. The summed E-state index contributed by atoms with van der Waals surface area (Å²) in [6.45, 7) is 2.17. The van der Waals surface area contributed by atoms with Crippen LogP contribution < -0.4 is 5.32 Å². The van der Waals surface area contributed by atoms with E-state index in [0.29, 0.717) is 5.56 Å². The Balaban J connectivity index is 2.37. The van der Waals surface area contributed by atoms with Crippen molar-refractivity contribution in [1.82, 2.24) is 5.32 Å². The van der Waals surface area contributed by atoms with E-state index in [0.717, 1.165) is 18.4 Å². The summed E-state index contributed by atoms with van der Waals surface area (Å²) >= 11 is 0. The summed E-state index contributed by atoms with van der Waals surface area (Å²) in [4.78, 5) is 0. The van der Waals surface area contributed by atoms with Gasteiger partial charge in [-0.05, 0) is 30.7 Å². The molecule has 0 saturated carbocycles. The first-order valence-electron chi connectivity index (χ1n) is 6.76. The number of rotatable bonds is 5. The SMILES string of the molecule is CCCc1cccc(C(NC)c2ccccc2F)c1. The molecular formula is C17H20FN. The molecule has 0 amide bonds. The van der Waals surface area contributed by atoms with Crippen molar-refractivity contribution in [2.75, 3.05) is 7.05 Å². The summed E-state index contributed by atoms with van der Waals surface area (Å²) in [6, 6.07) is 15.2. The van der Waals surface area contributed by atoms with Crippen molar-refractivity contribution in [3.63, 3.8) is 0 Å². The Labute approximate surface area is 114 Å². The molecule has 100 valence electrons. The number of hydrogen-bond acceptors (Lipinski definition) is 1. The number of halogens is 1. The van der Waals surface area contributed by atoms with E-state index >= 15 is 0 Å². The second-order valence-electron chi connectivity index (χ2n) is 4.74. The van der Waals surface area contributed by atoms with Gasteiger partial charge in [0.1, 0.15) is 5.82 Å². The van der Waals surface area contributed by atoms with Gasteiger partial charge in [0, 0.05) is 5.56 Å². The molecule has 2 heteroatoms. The van der Waals surface area contributed by atoms with Gasteiger partial charge in [-0.3, -0.25) is 0 Å². The summed E-state index contributed by atoms with van der Waals surface area (Å²) in [5, 5.41) is 3.20. The first-order chi connectivity index (χ1) is 9.26. The minimum Gasteiger partial charge on any atom is -0.309 e. The average molecular weight is 257 g/mol. The van der Waals surface area contributed by atoms with Crippen molar-refractivity contribution in [1.29, 1.82) is 0 Å². The lowest BCUT2D eigenvalue weighted by Crippen LogP contribution is -2.19. The quantitative estimate of drug-likeness (QED) is 0.850. The maximum Gasteiger partial charge on any atom is 0.128 e. The molecule has 1 nitrogen and oxygen atoms in total. The fourth-order valence-corrected chi connectivity index (χ4v) is 2.43. The van der Waals surface area contributed by atoms with Crippen LogP contribution in [0.3, 0.4) is 0 Å². The van der Waals surface area contributed by atoms with Gasteiger partial charge in [0.25, 0.3) is 0 Å². The topological polar surface area (TPSA) is 12.0 Å². The molecule has 0 radical (unpaired) electrons. The van der Waals surface area contributed by atoms with Crippen LogP contribution in [0.4, 0.5) is 4.39 Å². The maximum atomic E-state index is 13.9. The van der Waals surface area contributed by atoms with E-state index in [1.54, 1.807) is 6.07 Å². The smallest absolute Gasteiger partial charge is 0.128 e. The second kappa shape index (κ2) is 6.48. The summed E-state index contributed by atoms with van der Waals surface area (Å²) in [6.07, 6.45) is 2.18. The van der Waals surface area contributed by atoms with Crippen molar-refractivity contribution in [3.05, 3.63) is 71.0 Å². The van der Waals surface area contributed by atoms with Crippen LogP contribution in [0.25, 0.3) is 0 Å². The third kappa shape index (κ3) is 3.21. The second-order valence-corrected chi connectivity index (χ2v) is 4.74. The van der Waals surface area contributed by atoms with E-state index in [9.17, 15) is 4.39 Å². The molecule has 0 spiro atoms. The summed E-state index contributed by atoms with van der Waals surface area (Å²) < 4.78 is 13.9. The molecule has 2 rings (SSSR count). The van der Waals surface area contributed by atoms with Crippen LogP contribution >= 0.6 is 0 Å². The maximum absolute atomic E-state index is 13.9. The predicted octanol–water partition coefficient (Wildman–Crippen LogP) is 4.09. The summed E-state index contributed by atoms with van der Waals surface area (Å²) in [7, 11) is 1.86. The van der Waals surface area contributed by atoms with Crippen molar-refractivity contribution in [2.45, 2.75) is 25.8 Å². The van der Waals surface area contributed by atoms with E-state index in [-0.39, 0.29) is 11.9 Å². The van der Waals surface area contributed by atoms with Gasteiger partial charge in [0.05, 0.1) is 6.04 Å². The van der Waals surface area contributed by atoms with Crippen LogP contribution in [0.2, 0.25) is 0 Å². The molecular weight excluding hydrogens is 237 g/mol. The van der Waals surface area contributed by atoms with E-state index in [1.807, 2.05) is 31.3 Å². The highest BCUT2D eigenvalue weighted by Crippen LogP contribution is 2.25. The third-order valence-electron chi connectivity index (χ3n) is 3.33. The lowest BCUT2D eigenvalue weighted by Gasteiger charge is -2.18. The van der Waals surface area contributed by atoms with Crippen LogP contribution in [-0.2, 0) is 6.42 Å². The van der Waals surface area contributed by atoms with Crippen LogP contribution in [0.5, 0.6) is 0 Å². The highest BCUT2D eigenvalue weighted by molar-refractivity contribution is 5.35. The Bertz CT molecular complexity index is 536. The van der Waals surface area contributed by atoms with Gasteiger partial charge in [0.2, 0.25) is 0 Å². The average Bonchev–Trinajstić information content (AvgIpc) is 2.43. The van der Waals surface area contributed by atoms with Gasteiger partial charge < -0.3 is 5.32 Å². The minimum absolute atomic E-state index is 0.0991. The van der Waals surface area contributed by atoms with Crippen molar-refractivity contribution in [2.24, 2.45) is 0 Å². The Morgan fingerprint density at radius 2 is 1.89 bits per heavy atom. The van der Waals surface area contributed by atoms with E-state index in [1.165, 1.54) is 11.6 Å². The largest absolute Gasteiger partial charge is 0.309 e. The Kier molecular flexibility index (Phi) is 4.69. The summed E-state index contributed by atoms with van der Waals surface area (Å²) in [5.41, 5.74) is 3.11. The summed E-state index contributed by atoms with van der Waals surface area (Å²) in [5.74, 6) is -0.164. The predicted molar refractivity (Wildman–Crippen MR) is 77.7 cm³/mol. The molecule has 0 heterocycles. The zero-order valence-corrected chi connectivity index (χ0v) is 11.5.